The highest BCUT2D eigenvalue weighted by Crippen LogP contribution is 2.55. The van der Waals surface area contributed by atoms with Crippen LogP contribution in [0.15, 0.2) is 18.2 Å². The predicted molar refractivity (Wildman–Crippen MR) is 117 cm³/mol. The summed E-state index contributed by atoms with van der Waals surface area (Å²) in [6, 6.07) is 5.34. The summed E-state index contributed by atoms with van der Waals surface area (Å²) >= 11 is 6.40. The fourth-order valence-electron chi connectivity index (χ4n) is 6.47. The molecule has 164 valence electrons. The van der Waals surface area contributed by atoms with Crippen LogP contribution < -0.4 is 15.4 Å². The number of carbonyl (C=O) groups excluding carboxylic acids is 1. The van der Waals surface area contributed by atoms with Crippen molar-refractivity contribution in [1.82, 2.24) is 10.2 Å². The number of carbonyl (C=O) groups is 1. The van der Waals surface area contributed by atoms with Gasteiger partial charge in [0.2, 0.25) is 0 Å². The number of ether oxygens (including phenoxy) is 2. The Labute approximate surface area is 183 Å². The summed E-state index contributed by atoms with van der Waals surface area (Å²) in [7, 11) is 0. The van der Waals surface area contributed by atoms with Crippen LogP contribution in [0.25, 0.3) is 0 Å². The van der Waals surface area contributed by atoms with E-state index in [9.17, 15) is 4.79 Å². The summed E-state index contributed by atoms with van der Waals surface area (Å²) in [4.78, 5) is 15.0. The number of rotatable bonds is 6. The third kappa shape index (κ3) is 4.56. The molecule has 1 aromatic rings. The summed E-state index contributed by atoms with van der Waals surface area (Å²) in [6.45, 7) is 4.89. The van der Waals surface area contributed by atoms with Crippen LogP contribution in [-0.2, 0) is 4.74 Å². The molecule has 2 amide bonds. The van der Waals surface area contributed by atoms with E-state index in [2.05, 4.69) is 15.5 Å². The maximum Gasteiger partial charge on any atom is 0.319 e. The zero-order valence-electron chi connectivity index (χ0n) is 17.5. The Morgan fingerprint density at radius 2 is 1.80 bits per heavy atom. The number of hydrogen-bond acceptors (Lipinski definition) is 4. The fraction of sp³-hybridized carbons (Fsp3) is 0.696. The molecule has 0 aromatic heterocycles. The molecular formula is C23H32ClN3O3. The monoisotopic (exact) mass is 433 g/mol. The molecule has 6 nitrogen and oxygen atoms in total. The van der Waals surface area contributed by atoms with Gasteiger partial charge in [-0.1, -0.05) is 11.6 Å². The first-order valence-electron chi connectivity index (χ1n) is 11.4. The number of anilines is 1. The quantitative estimate of drug-likeness (QED) is 0.707. The minimum absolute atomic E-state index is 0.00513. The predicted octanol–water partition coefficient (Wildman–Crippen LogP) is 4.14. The third-order valence-corrected chi connectivity index (χ3v) is 7.67. The van der Waals surface area contributed by atoms with E-state index in [-0.39, 0.29) is 11.6 Å². The molecule has 6 rings (SSSR count). The van der Waals surface area contributed by atoms with Crippen molar-refractivity contribution in [2.24, 2.45) is 17.8 Å². The summed E-state index contributed by atoms with van der Waals surface area (Å²) in [5.74, 6) is 3.07. The van der Waals surface area contributed by atoms with E-state index in [0.717, 1.165) is 69.9 Å². The number of nitrogens with zero attached hydrogens (tertiary/aromatic N) is 1. The summed E-state index contributed by atoms with van der Waals surface area (Å²) in [6.07, 6.45) is 7.52. The molecule has 1 aromatic carbocycles. The average molecular weight is 434 g/mol. The van der Waals surface area contributed by atoms with Gasteiger partial charge in [-0.25, -0.2) is 4.79 Å². The van der Waals surface area contributed by atoms with Crippen LogP contribution in [0.4, 0.5) is 10.5 Å². The van der Waals surface area contributed by atoms with Crippen molar-refractivity contribution in [3.8, 4) is 5.75 Å². The number of nitrogens with one attached hydrogen (secondary N) is 2. The van der Waals surface area contributed by atoms with Gasteiger partial charge in [0, 0.05) is 30.9 Å². The Kier molecular flexibility index (Phi) is 5.82. The lowest BCUT2D eigenvalue weighted by Gasteiger charge is -2.56. The Balaban J connectivity index is 1.13. The van der Waals surface area contributed by atoms with E-state index < -0.39 is 0 Å². The van der Waals surface area contributed by atoms with E-state index in [1.54, 1.807) is 6.07 Å². The number of halogens is 1. The lowest BCUT2D eigenvalue weighted by Crippen LogP contribution is -2.60. The largest absolute Gasteiger partial charge is 0.491 e. The highest BCUT2D eigenvalue weighted by molar-refractivity contribution is 6.32. The lowest BCUT2D eigenvalue weighted by molar-refractivity contribution is -0.0127. The molecule has 0 unspecified atom stereocenters. The van der Waals surface area contributed by atoms with E-state index in [0.29, 0.717) is 23.1 Å². The van der Waals surface area contributed by atoms with E-state index in [1.165, 1.54) is 19.3 Å². The van der Waals surface area contributed by atoms with Crippen molar-refractivity contribution < 1.29 is 14.3 Å². The molecule has 7 heteroatoms. The second kappa shape index (κ2) is 8.56. The molecule has 0 spiro atoms. The molecular weight excluding hydrogens is 402 g/mol. The van der Waals surface area contributed by atoms with Crippen LogP contribution in [-0.4, -0.2) is 55.9 Å². The van der Waals surface area contributed by atoms with Crippen LogP contribution in [0.5, 0.6) is 5.75 Å². The van der Waals surface area contributed by atoms with Gasteiger partial charge in [-0.05, 0) is 74.5 Å². The summed E-state index contributed by atoms with van der Waals surface area (Å²) < 4.78 is 11.2. The highest BCUT2D eigenvalue weighted by atomic mass is 35.5. The molecule has 4 bridgehead atoms. The van der Waals surface area contributed by atoms with Crippen LogP contribution in [0.3, 0.4) is 0 Å². The second-order valence-corrected chi connectivity index (χ2v) is 10.1. The smallest absolute Gasteiger partial charge is 0.319 e. The first kappa shape index (κ1) is 20.4. The van der Waals surface area contributed by atoms with Gasteiger partial charge < -0.3 is 20.1 Å². The van der Waals surface area contributed by atoms with Crippen LogP contribution in [0.1, 0.15) is 38.5 Å². The molecule has 4 aliphatic carbocycles. The first-order chi connectivity index (χ1) is 14.6. The third-order valence-electron chi connectivity index (χ3n) is 7.38. The number of hydrogen-bond donors (Lipinski definition) is 2. The van der Waals surface area contributed by atoms with Crippen LogP contribution in [0, 0.1) is 17.8 Å². The molecule has 1 aliphatic heterocycles. The van der Waals surface area contributed by atoms with Gasteiger partial charge >= 0.3 is 6.03 Å². The van der Waals surface area contributed by atoms with Crippen molar-refractivity contribution in [1.29, 1.82) is 0 Å². The molecule has 30 heavy (non-hydrogen) atoms. The first-order valence-corrected chi connectivity index (χ1v) is 11.8. The van der Waals surface area contributed by atoms with E-state index in [1.807, 2.05) is 12.1 Å². The molecule has 0 atom stereocenters. The SMILES string of the molecule is O=C(Nc1ccc(OCCN2CCOCC2)c(Cl)c1)NC12CC3CC(CC(C3)C1)C2. The molecule has 1 heterocycles. The van der Waals surface area contributed by atoms with Gasteiger partial charge in [0.05, 0.1) is 18.2 Å². The van der Waals surface area contributed by atoms with Gasteiger partial charge in [0.25, 0.3) is 0 Å². The maximum atomic E-state index is 12.7. The number of urea groups is 1. The standard InChI is InChI=1S/C23H32ClN3O3/c24-20-12-19(1-2-21(20)30-8-5-27-3-6-29-7-4-27)25-22(28)26-23-13-16-9-17(14-23)11-18(10-16)15-23/h1-2,12,16-18H,3-11,13-15H2,(H2,25,26,28). The Morgan fingerprint density at radius 1 is 1.13 bits per heavy atom. The molecule has 5 aliphatic rings. The molecule has 0 radical (unpaired) electrons. The summed E-state index contributed by atoms with van der Waals surface area (Å²) in [5.41, 5.74) is 0.702. The normalized spacial score (nSPS) is 32.8. The van der Waals surface area contributed by atoms with Crippen LogP contribution >= 0.6 is 11.6 Å². The highest BCUT2D eigenvalue weighted by Gasteiger charge is 2.51. The average Bonchev–Trinajstić information content (AvgIpc) is 2.69. The minimum atomic E-state index is -0.117. The Morgan fingerprint density at radius 3 is 2.43 bits per heavy atom. The van der Waals surface area contributed by atoms with E-state index in [4.69, 9.17) is 21.1 Å². The van der Waals surface area contributed by atoms with Crippen molar-refractivity contribution >= 4 is 23.3 Å². The Hall–Kier alpha value is -1.50. The molecule has 4 saturated carbocycles. The van der Waals surface area contributed by atoms with Gasteiger partial charge in [-0.3, -0.25) is 4.90 Å². The van der Waals surface area contributed by atoms with Crippen molar-refractivity contribution in [3.63, 3.8) is 0 Å². The van der Waals surface area contributed by atoms with Gasteiger partial charge in [0.1, 0.15) is 12.4 Å². The lowest BCUT2D eigenvalue weighted by atomic mass is 9.53. The minimum Gasteiger partial charge on any atom is -0.491 e. The fourth-order valence-corrected chi connectivity index (χ4v) is 6.71. The number of amides is 2. The van der Waals surface area contributed by atoms with Gasteiger partial charge in [-0.2, -0.15) is 0 Å². The van der Waals surface area contributed by atoms with Crippen molar-refractivity contribution in [2.75, 3.05) is 44.8 Å². The zero-order valence-corrected chi connectivity index (χ0v) is 18.3. The topological polar surface area (TPSA) is 62.8 Å². The van der Waals surface area contributed by atoms with Crippen LogP contribution in [0.2, 0.25) is 5.02 Å². The zero-order chi connectivity index (χ0) is 20.6. The molecule has 2 N–H and O–H groups in total. The second-order valence-electron chi connectivity index (χ2n) is 9.72. The Bertz CT molecular complexity index is 746. The van der Waals surface area contributed by atoms with Gasteiger partial charge in [-0.15, -0.1) is 0 Å². The molecule has 5 fully saturated rings. The van der Waals surface area contributed by atoms with E-state index >= 15 is 0 Å². The number of benzene rings is 1. The van der Waals surface area contributed by atoms with Crippen molar-refractivity contribution in [3.05, 3.63) is 23.2 Å². The van der Waals surface area contributed by atoms with Crippen molar-refractivity contribution in [2.45, 2.75) is 44.1 Å². The van der Waals surface area contributed by atoms with Gasteiger partial charge in [0.15, 0.2) is 0 Å². The maximum absolute atomic E-state index is 12.7. The molecule has 1 saturated heterocycles. The number of morpholine rings is 1. The summed E-state index contributed by atoms with van der Waals surface area (Å²) in [5, 5.41) is 6.84.